The summed E-state index contributed by atoms with van der Waals surface area (Å²) >= 11 is 3.69. The van der Waals surface area contributed by atoms with E-state index in [1.807, 2.05) is 10.4 Å². The van der Waals surface area contributed by atoms with Crippen molar-refractivity contribution in [2.45, 2.75) is 13.0 Å². The molecule has 1 fully saturated rings. The van der Waals surface area contributed by atoms with Gasteiger partial charge in [-0.2, -0.15) is 0 Å². The number of rotatable bonds is 3. The molecular formula is C16H17FIN3OS. The standard InChI is InChI=1S/C16H17FIN3OS/c17-12-2-3-15(18)14(8-12)16(22)21-5-1-4-20(6-7-21)9-13-10-23-11-19-13/h2-3,8,10-11H,1,4-7,9H2. The molecule has 0 saturated carbocycles. The highest BCUT2D eigenvalue weighted by Gasteiger charge is 2.22. The lowest BCUT2D eigenvalue weighted by atomic mass is 10.2. The Labute approximate surface area is 152 Å². The van der Waals surface area contributed by atoms with Crippen LogP contribution in [-0.4, -0.2) is 46.9 Å². The zero-order valence-electron chi connectivity index (χ0n) is 12.5. The Morgan fingerprint density at radius 2 is 2.17 bits per heavy atom. The van der Waals surface area contributed by atoms with Crippen LogP contribution in [0.5, 0.6) is 0 Å². The molecule has 7 heteroatoms. The van der Waals surface area contributed by atoms with Gasteiger partial charge in [-0.1, -0.05) is 0 Å². The van der Waals surface area contributed by atoms with Crippen LogP contribution < -0.4 is 0 Å². The quantitative estimate of drug-likeness (QED) is 0.681. The Morgan fingerprint density at radius 1 is 1.30 bits per heavy atom. The first kappa shape index (κ1) is 16.8. The molecule has 0 aliphatic carbocycles. The van der Waals surface area contributed by atoms with Crippen molar-refractivity contribution in [1.29, 1.82) is 0 Å². The van der Waals surface area contributed by atoms with Gasteiger partial charge in [0.25, 0.3) is 5.91 Å². The zero-order chi connectivity index (χ0) is 16.2. The number of aromatic nitrogens is 1. The summed E-state index contributed by atoms with van der Waals surface area (Å²) in [4.78, 5) is 21.1. The van der Waals surface area contributed by atoms with Gasteiger partial charge in [0.15, 0.2) is 0 Å². The van der Waals surface area contributed by atoms with E-state index in [9.17, 15) is 9.18 Å². The van der Waals surface area contributed by atoms with Crippen molar-refractivity contribution in [3.63, 3.8) is 0 Å². The fourth-order valence-electron chi connectivity index (χ4n) is 2.71. The van der Waals surface area contributed by atoms with E-state index >= 15 is 0 Å². The normalized spacial score (nSPS) is 16.3. The Hall–Kier alpha value is -1.06. The van der Waals surface area contributed by atoms with E-state index in [1.54, 1.807) is 17.4 Å². The third-order valence-electron chi connectivity index (χ3n) is 3.90. The summed E-state index contributed by atoms with van der Waals surface area (Å²) in [5.41, 5.74) is 3.38. The van der Waals surface area contributed by atoms with Gasteiger partial charge in [0.2, 0.25) is 0 Å². The molecule has 23 heavy (non-hydrogen) atoms. The highest BCUT2D eigenvalue weighted by molar-refractivity contribution is 14.1. The van der Waals surface area contributed by atoms with E-state index < -0.39 is 0 Å². The molecule has 3 rings (SSSR count). The van der Waals surface area contributed by atoms with Crippen LogP contribution in [-0.2, 0) is 6.54 Å². The minimum Gasteiger partial charge on any atom is -0.337 e. The van der Waals surface area contributed by atoms with Crippen molar-refractivity contribution in [1.82, 2.24) is 14.8 Å². The van der Waals surface area contributed by atoms with Crippen molar-refractivity contribution < 1.29 is 9.18 Å². The van der Waals surface area contributed by atoms with Crippen LogP contribution in [0.2, 0.25) is 0 Å². The number of carbonyl (C=O) groups excluding carboxylic acids is 1. The molecule has 0 bridgehead atoms. The number of thiazole rings is 1. The first-order chi connectivity index (χ1) is 11.1. The maximum atomic E-state index is 13.4. The third kappa shape index (κ3) is 4.27. The van der Waals surface area contributed by atoms with Gasteiger partial charge in [-0.05, 0) is 47.2 Å². The smallest absolute Gasteiger partial charge is 0.255 e. The van der Waals surface area contributed by atoms with Gasteiger partial charge in [-0.25, -0.2) is 9.37 Å². The van der Waals surface area contributed by atoms with Crippen LogP contribution >= 0.6 is 33.9 Å². The Balaban J connectivity index is 1.65. The van der Waals surface area contributed by atoms with Gasteiger partial charge in [-0.3, -0.25) is 9.69 Å². The molecule has 0 spiro atoms. The Morgan fingerprint density at radius 3 is 2.96 bits per heavy atom. The minimum absolute atomic E-state index is 0.0793. The fraction of sp³-hybridized carbons (Fsp3) is 0.375. The molecule has 122 valence electrons. The maximum absolute atomic E-state index is 13.4. The number of halogens is 2. The summed E-state index contributed by atoms with van der Waals surface area (Å²) in [6, 6.07) is 4.37. The summed E-state index contributed by atoms with van der Waals surface area (Å²) in [6.45, 7) is 3.95. The number of benzene rings is 1. The molecule has 1 aromatic carbocycles. The van der Waals surface area contributed by atoms with E-state index in [0.717, 1.165) is 35.3 Å². The van der Waals surface area contributed by atoms with Crippen molar-refractivity contribution >= 4 is 39.8 Å². The molecule has 2 heterocycles. The molecule has 1 aromatic heterocycles. The molecule has 1 aliphatic heterocycles. The second-order valence-electron chi connectivity index (χ2n) is 5.53. The van der Waals surface area contributed by atoms with Crippen molar-refractivity contribution in [3.05, 3.63) is 49.7 Å². The van der Waals surface area contributed by atoms with E-state index in [2.05, 4.69) is 37.9 Å². The van der Waals surface area contributed by atoms with Gasteiger partial charge < -0.3 is 4.90 Å². The topological polar surface area (TPSA) is 36.4 Å². The number of amides is 1. The van der Waals surface area contributed by atoms with Crippen LogP contribution in [0.15, 0.2) is 29.1 Å². The van der Waals surface area contributed by atoms with E-state index in [0.29, 0.717) is 18.7 Å². The largest absolute Gasteiger partial charge is 0.337 e. The van der Waals surface area contributed by atoms with Gasteiger partial charge in [0.05, 0.1) is 16.8 Å². The summed E-state index contributed by atoms with van der Waals surface area (Å²) in [7, 11) is 0. The third-order valence-corrected chi connectivity index (χ3v) is 5.48. The average Bonchev–Trinajstić information content (AvgIpc) is 2.94. The van der Waals surface area contributed by atoms with Crippen LogP contribution in [0.1, 0.15) is 22.5 Å². The minimum atomic E-state index is -0.367. The number of carbonyl (C=O) groups is 1. The maximum Gasteiger partial charge on any atom is 0.255 e. The molecule has 1 saturated heterocycles. The first-order valence-electron chi connectivity index (χ1n) is 7.47. The molecule has 0 atom stereocenters. The average molecular weight is 445 g/mol. The van der Waals surface area contributed by atoms with Crippen LogP contribution in [0.4, 0.5) is 4.39 Å². The summed E-state index contributed by atoms with van der Waals surface area (Å²) < 4.78 is 14.2. The Bertz CT molecular complexity index is 680. The summed E-state index contributed by atoms with van der Waals surface area (Å²) in [5.74, 6) is -0.446. The van der Waals surface area contributed by atoms with Gasteiger partial charge in [-0.15, -0.1) is 11.3 Å². The lowest BCUT2D eigenvalue weighted by Crippen LogP contribution is -2.35. The zero-order valence-corrected chi connectivity index (χ0v) is 15.5. The van der Waals surface area contributed by atoms with E-state index in [-0.39, 0.29) is 11.7 Å². The second-order valence-corrected chi connectivity index (χ2v) is 7.41. The van der Waals surface area contributed by atoms with Crippen molar-refractivity contribution in [2.75, 3.05) is 26.2 Å². The van der Waals surface area contributed by atoms with Gasteiger partial charge >= 0.3 is 0 Å². The predicted molar refractivity (Wildman–Crippen MR) is 97.0 cm³/mol. The monoisotopic (exact) mass is 445 g/mol. The number of hydrogen-bond acceptors (Lipinski definition) is 4. The SMILES string of the molecule is O=C(c1cc(F)ccc1I)N1CCCN(Cc2cscn2)CC1. The summed E-state index contributed by atoms with van der Waals surface area (Å²) in [5, 5.41) is 2.06. The molecule has 2 aromatic rings. The van der Waals surface area contributed by atoms with Crippen molar-refractivity contribution in [3.8, 4) is 0 Å². The highest BCUT2D eigenvalue weighted by Crippen LogP contribution is 2.18. The molecule has 1 amide bonds. The first-order valence-corrected chi connectivity index (χ1v) is 9.49. The van der Waals surface area contributed by atoms with Gasteiger partial charge in [0, 0.05) is 41.7 Å². The summed E-state index contributed by atoms with van der Waals surface area (Å²) in [6.07, 6.45) is 0.918. The molecule has 0 radical (unpaired) electrons. The van der Waals surface area contributed by atoms with Gasteiger partial charge in [0.1, 0.15) is 5.82 Å². The molecule has 4 nitrogen and oxygen atoms in total. The molecule has 0 unspecified atom stereocenters. The second kappa shape index (κ2) is 7.67. The Kier molecular flexibility index (Phi) is 5.60. The number of hydrogen-bond donors (Lipinski definition) is 0. The van der Waals surface area contributed by atoms with E-state index in [4.69, 9.17) is 0 Å². The van der Waals surface area contributed by atoms with Crippen LogP contribution in [0, 0.1) is 9.39 Å². The highest BCUT2D eigenvalue weighted by atomic mass is 127. The molecular weight excluding hydrogens is 428 g/mol. The molecule has 1 aliphatic rings. The lowest BCUT2D eigenvalue weighted by Gasteiger charge is -2.22. The van der Waals surface area contributed by atoms with Crippen LogP contribution in [0.25, 0.3) is 0 Å². The lowest BCUT2D eigenvalue weighted by molar-refractivity contribution is 0.0759. The van der Waals surface area contributed by atoms with Crippen LogP contribution in [0.3, 0.4) is 0 Å². The van der Waals surface area contributed by atoms with E-state index in [1.165, 1.54) is 12.1 Å². The fourth-order valence-corrected chi connectivity index (χ4v) is 3.82. The van der Waals surface area contributed by atoms with Crippen molar-refractivity contribution in [2.24, 2.45) is 0 Å². The number of nitrogens with zero attached hydrogens (tertiary/aromatic N) is 3. The predicted octanol–water partition coefficient (Wildman–Crippen LogP) is 3.23. The molecule has 0 N–H and O–H groups in total.